The van der Waals surface area contributed by atoms with Gasteiger partial charge in [0.2, 0.25) is 5.88 Å². The smallest absolute Gasteiger partial charge is 0.220 e. The first-order valence-electron chi connectivity index (χ1n) is 4.58. The molecule has 4 heteroatoms. The molecule has 0 atom stereocenters. The summed E-state index contributed by atoms with van der Waals surface area (Å²) in [5, 5.41) is 9.42. The number of halogens is 1. The lowest BCUT2D eigenvalue weighted by Gasteiger charge is -2.05. The molecule has 16 heavy (non-hydrogen) atoms. The molecule has 3 nitrogen and oxygen atoms in total. The van der Waals surface area contributed by atoms with Crippen LogP contribution in [0.5, 0.6) is 11.6 Å². The molecule has 1 aromatic carbocycles. The number of ether oxygens (including phenoxy) is 1. The molecule has 0 N–H and O–H groups in total. The fraction of sp³-hybridized carbons (Fsp3) is 0. The Morgan fingerprint density at radius 1 is 1.25 bits per heavy atom. The van der Waals surface area contributed by atoms with E-state index in [-0.39, 0.29) is 0 Å². The predicted molar refractivity (Wildman–Crippen MR) is 60.5 cm³/mol. The summed E-state index contributed by atoms with van der Waals surface area (Å²) >= 11 is 5.80. The summed E-state index contributed by atoms with van der Waals surface area (Å²) in [6, 6.07) is 12.3. The molecule has 0 radical (unpaired) electrons. The van der Waals surface area contributed by atoms with E-state index in [1.54, 1.807) is 42.6 Å². The monoisotopic (exact) mass is 230 g/mol. The van der Waals surface area contributed by atoms with Crippen molar-refractivity contribution in [1.29, 1.82) is 5.26 Å². The maximum Gasteiger partial charge on any atom is 0.220 e. The summed E-state index contributed by atoms with van der Waals surface area (Å²) < 4.78 is 5.46. The van der Waals surface area contributed by atoms with Crippen LogP contribution in [0.3, 0.4) is 0 Å². The van der Waals surface area contributed by atoms with Gasteiger partial charge in [-0.1, -0.05) is 23.7 Å². The van der Waals surface area contributed by atoms with Gasteiger partial charge in [0.25, 0.3) is 0 Å². The molecule has 0 fully saturated rings. The second kappa shape index (κ2) is 4.65. The highest BCUT2D eigenvalue weighted by atomic mass is 35.5. The van der Waals surface area contributed by atoms with E-state index in [1.807, 2.05) is 6.07 Å². The number of para-hydroxylation sites is 1. The van der Waals surface area contributed by atoms with Gasteiger partial charge >= 0.3 is 0 Å². The van der Waals surface area contributed by atoms with Gasteiger partial charge in [-0.2, -0.15) is 5.26 Å². The molecule has 0 aliphatic rings. The van der Waals surface area contributed by atoms with Crippen LogP contribution >= 0.6 is 11.6 Å². The zero-order chi connectivity index (χ0) is 11.4. The fourth-order valence-electron chi connectivity index (χ4n) is 1.20. The first-order chi connectivity index (χ1) is 7.79. The van der Waals surface area contributed by atoms with Crippen LogP contribution in [-0.2, 0) is 0 Å². The molecule has 2 rings (SSSR count). The Morgan fingerprint density at radius 3 is 2.81 bits per heavy atom. The highest BCUT2D eigenvalue weighted by molar-refractivity contribution is 6.30. The summed E-state index contributed by atoms with van der Waals surface area (Å²) in [4.78, 5) is 3.99. The zero-order valence-electron chi connectivity index (χ0n) is 8.22. The number of benzene rings is 1. The van der Waals surface area contributed by atoms with Crippen LogP contribution in [0.25, 0.3) is 0 Å². The van der Waals surface area contributed by atoms with Crippen molar-refractivity contribution in [1.82, 2.24) is 4.98 Å². The van der Waals surface area contributed by atoms with Crippen LogP contribution < -0.4 is 4.74 Å². The lowest BCUT2D eigenvalue weighted by molar-refractivity contribution is 0.461. The Morgan fingerprint density at radius 2 is 2.06 bits per heavy atom. The Kier molecular flexibility index (Phi) is 3.04. The van der Waals surface area contributed by atoms with E-state index < -0.39 is 0 Å². The first-order valence-corrected chi connectivity index (χ1v) is 4.96. The third-order valence-electron chi connectivity index (χ3n) is 1.92. The van der Waals surface area contributed by atoms with Gasteiger partial charge in [-0.25, -0.2) is 4.98 Å². The van der Waals surface area contributed by atoms with E-state index in [1.165, 1.54) is 0 Å². The van der Waals surface area contributed by atoms with Crippen LogP contribution in [0.2, 0.25) is 5.02 Å². The summed E-state index contributed by atoms with van der Waals surface area (Å²) in [6.45, 7) is 0. The molecule has 0 unspecified atom stereocenters. The van der Waals surface area contributed by atoms with E-state index in [0.717, 1.165) is 0 Å². The lowest BCUT2D eigenvalue weighted by Crippen LogP contribution is -1.89. The van der Waals surface area contributed by atoms with Crippen molar-refractivity contribution in [2.24, 2.45) is 0 Å². The molecule has 1 heterocycles. The number of pyridine rings is 1. The standard InChI is InChI=1S/C12H7ClN2O/c13-10-5-6-15-12(7-10)16-11-4-2-1-3-9(11)8-14/h1-7H. The van der Waals surface area contributed by atoms with Crippen molar-refractivity contribution in [2.45, 2.75) is 0 Å². The summed E-state index contributed by atoms with van der Waals surface area (Å²) in [5.74, 6) is 0.843. The lowest BCUT2D eigenvalue weighted by atomic mass is 10.2. The molecule has 0 bridgehead atoms. The Hall–Kier alpha value is -2.05. The molecule has 0 aliphatic heterocycles. The van der Waals surface area contributed by atoms with Gasteiger partial charge in [0.15, 0.2) is 0 Å². The summed E-state index contributed by atoms with van der Waals surface area (Å²) in [7, 11) is 0. The van der Waals surface area contributed by atoms with Gasteiger partial charge in [-0.15, -0.1) is 0 Å². The van der Waals surface area contributed by atoms with Gasteiger partial charge in [-0.3, -0.25) is 0 Å². The highest BCUT2D eigenvalue weighted by Crippen LogP contribution is 2.24. The van der Waals surface area contributed by atoms with E-state index in [2.05, 4.69) is 4.98 Å². The topological polar surface area (TPSA) is 45.9 Å². The number of aromatic nitrogens is 1. The molecular formula is C12H7ClN2O. The molecule has 78 valence electrons. The second-order valence-corrected chi connectivity index (χ2v) is 3.46. The summed E-state index contributed by atoms with van der Waals surface area (Å²) in [6.07, 6.45) is 1.55. The number of nitriles is 1. The fourth-order valence-corrected chi connectivity index (χ4v) is 1.35. The minimum Gasteiger partial charge on any atom is -0.438 e. The molecule has 0 spiro atoms. The van der Waals surface area contributed by atoms with Gasteiger partial charge in [0.05, 0.1) is 5.56 Å². The normalized spacial score (nSPS) is 9.50. The van der Waals surface area contributed by atoms with Crippen LogP contribution in [0, 0.1) is 11.3 Å². The average Bonchev–Trinajstić information content (AvgIpc) is 2.30. The van der Waals surface area contributed by atoms with E-state index in [9.17, 15) is 0 Å². The summed E-state index contributed by atoms with van der Waals surface area (Å²) in [5.41, 5.74) is 0.462. The van der Waals surface area contributed by atoms with Gasteiger partial charge in [-0.05, 0) is 18.2 Å². The maximum absolute atomic E-state index is 8.87. The quantitative estimate of drug-likeness (QED) is 0.794. The van der Waals surface area contributed by atoms with Gasteiger partial charge in [0, 0.05) is 17.3 Å². The maximum atomic E-state index is 8.87. The third-order valence-corrected chi connectivity index (χ3v) is 2.15. The number of nitrogens with zero attached hydrogens (tertiary/aromatic N) is 2. The molecule has 0 saturated heterocycles. The Balaban J connectivity index is 2.31. The second-order valence-electron chi connectivity index (χ2n) is 3.02. The van der Waals surface area contributed by atoms with Crippen LogP contribution in [0.4, 0.5) is 0 Å². The van der Waals surface area contributed by atoms with Crippen molar-refractivity contribution >= 4 is 11.6 Å². The van der Waals surface area contributed by atoms with Gasteiger partial charge in [0.1, 0.15) is 11.8 Å². The Bertz CT molecular complexity index is 549. The van der Waals surface area contributed by atoms with Crippen molar-refractivity contribution in [3.8, 4) is 17.7 Å². The van der Waals surface area contributed by atoms with E-state index in [0.29, 0.717) is 22.2 Å². The van der Waals surface area contributed by atoms with Crippen LogP contribution in [-0.4, -0.2) is 4.98 Å². The predicted octanol–water partition coefficient (Wildman–Crippen LogP) is 3.40. The molecule has 0 saturated carbocycles. The number of hydrogen-bond donors (Lipinski definition) is 0. The Labute approximate surface area is 97.9 Å². The van der Waals surface area contributed by atoms with Crippen molar-refractivity contribution < 1.29 is 4.74 Å². The molecule has 0 amide bonds. The molecule has 0 aliphatic carbocycles. The number of hydrogen-bond acceptors (Lipinski definition) is 3. The molecular weight excluding hydrogens is 224 g/mol. The van der Waals surface area contributed by atoms with E-state index >= 15 is 0 Å². The highest BCUT2D eigenvalue weighted by Gasteiger charge is 2.04. The number of rotatable bonds is 2. The molecule has 2 aromatic rings. The molecule has 1 aromatic heterocycles. The van der Waals surface area contributed by atoms with Crippen molar-refractivity contribution in [2.75, 3.05) is 0 Å². The van der Waals surface area contributed by atoms with Crippen LogP contribution in [0.1, 0.15) is 5.56 Å². The largest absolute Gasteiger partial charge is 0.438 e. The zero-order valence-corrected chi connectivity index (χ0v) is 8.98. The van der Waals surface area contributed by atoms with Crippen molar-refractivity contribution in [3.05, 3.63) is 53.2 Å². The van der Waals surface area contributed by atoms with Gasteiger partial charge < -0.3 is 4.74 Å². The average molecular weight is 231 g/mol. The van der Waals surface area contributed by atoms with Crippen LogP contribution in [0.15, 0.2) is 42.6 Å². The van der Waals surface area contributed by atoms with E-state index in [4.69, 9.17) is 21.6 Å². The third kappa shape index (κ3) is 2.30. The van der Waals surface area contributed by atoms with Crippen molar-refractivity contribution in [3.63, 3.8) is 0 Å². The SMILES string of the molecule is N#Cc1ccccc1Oc1cc(Cl)ccn1. The first kappa shape index (κ1) is 10.5. The minimum absolute atomic E-state index is 0.371. The minimum atomic E-state index is 0.371.